The molecule has 24 heavy (non-hydrogen) atoms. The van der Waals surface area contributed by atoms with Crippen LogP contribution in [0.2, 0.25) is 0 Å². The molecule has 2 amide bonds. The zero-order chi connectivity index (χ0) is 16.8. The van der Waals surface area contributed by atoms with Crippen molar-refractivity contribution in [2.24, 2.45) is 5.92 Å². The Balaban J connectivity index is 1.43. The molecular weight excluding hydrogens is 300 g/mol. The number of benzene rings is 1. The zero-order valence-electron chi connectivity index (χ0n) is 14.8. The van der Waals surface area contributed by atoms with Gasteiger partial charge in [0.2, 0.25) is 0 Å². The Labute approximate surface area is 145 Å². The Hall–Kier alpha value is -1.71. The van der Waals surface area contributed by atoms with E-state index in [4.69, 9.17) is 4.74 Å². The molecule has 0 bridgehead atoms. The van der Waals surface area contributed by atoms with Crippen molar-refractivity contribution < 1.29 is 9.53 Å². The number of urea groups is 1. The van der Waals surface area contributed by atoms with Crippen LogP contribution in [-0.4, -0.2) is 30.1 Å². The third-order valence-corrected chi connectivity index (χ3v) is 5.29. The number of ether oxygens (including phenoxy) is 1. The molecule has 1 aromatic carbocycles. The molecule has 2 fully saturated rings. The van der Waals surface area contributed by atoms with E-state index >= 15 is 0 Å². The van der Waals surface area contributed by atoms with Crippen molar-refractivity contribution in [3.8, 4) is 5.75 Å². The highest BCUT2D eigenvalue weighted by molar-refractivity contribution is 5.74. The molecule has 2 aliphatic rings. The first-order chi connectivity index (χ1) is 11.7. The summed E-state index contributed by atoms with van der Waals surface area (Å²) in [6.07, 6.45) is 8.85. The fraction of sp³-hybridized carbons (Fsp3) is 0.650. The van der Waals surface area contributed by atoms with Gasteiger partial charge in [-0.1, -0.05) is 25.5 Å². The van der Waals surface area contributed by atoms with Crippen molar-refractivity contribution >= 4 is 6.03 Å². The van der Waals surface area contributed by atoms with Crippen molar-refractivity contribution in [1.29, 1.82) is 0 Å². The van der Waals surface area contributed by atoms with Crippen LogP contribution in [0.15, 0.2) is 24.3 Å². The second-order valence-corrected chi connectivity index (χ2v) is 7.35. The molecule has 0 spiro atoms. The summed E-state index contributed by atoms with van der Waals surface area (Å²) in [4.78, 5) is 14.1. The van der Waals surface area contributed by atoms with Gasteiger partial charge in [-0.05, 0) is 62.1 Å². The molecule has 0 radical (unpaired) electrons. The van der Waals surface area contributed by atoms with Gasteiger partial charge in [-0.2, -0.15) is 0 Å². The minimum absolute atomic E-state index is 0.0597. The molecule has 1 N–H and O–H groups in total. The van der Waals surface area contributed by atoms with E-state index in [1.165, 1.54) is 32.1 Å². The van der Waals surface area contributed by atoms with Crippen LogP contribution in [-0.2, 0) is 6.54 Å². The van der Waals surface area contributed by atoms with Crippen molar-refractivity contribution in [3.63, 3.8) is 0 Å². The van der Waals surface area contributed by atoms with Gasteiger partial charge in [0, 0.05) is 19.6 Å². The Morgan fingerprint density at radius 3 is 2.42 bits per heavy atom. The van der Waals surface area contributed by atoms with Gasteiger partial charge in [0.25, 0.3) is 0 Å². The average molecular weight is 330 g/mol. The molecule has 0 unspecified atom stereocenters. The number of carbonyl (C=O) groups excluding carboxylic acids is 1. The zero-order valence-corrected chi connectivity index (χ0v) is 14.8. The lowest BCUT2D eigenvalue weighted by molar-refractivity contribution is 0.155. The largest absolute Gasteiger partial charge is 0.490 e. The van der Waals surface area contributed by atoms with Gasteiger partial charge in [0.1, 0.15) is 5.75 Å². The minimum Gasteiger partial charge on any atom is -0.490 e. The number of likely N-dealkylation sites (tertiary alicyclic amines) is 1. The number of rotatable bonds is 4. The predicted molar refractivity (Wildman–Crippen MR) is 96.1 cm³/mol. The normalized spacial score (nSPS) is 20.0. The number of carbonyl (C=O) groups is 1. The molecule has 3 rings (SSSR count). The molecule has 4 heteroatoms. The highest BCUT2D eigenvalue weighted by atomic mass is 16.5. The Bertz CT molecular complexity index is 515. The standard InChI is InChI=1S/C20H30N2O2/c1-16-11-13-22(14-12-16)20(23)21-15-17-7-9-19(10-8-17)24-18-5-3-2-4-6-18/h7-10,16,18H,2-6,11-15H2,1H3,(H,21,23). The molecule has 1 aliphatic heterocycles. The molecule has 1 saturated heterocycles. The molecule has 4 nitrogen and oxygen atoms in total. The Kier molecular flexibility index (Phi) is 6.00. The van der Waals surface area contributed by atoms with Crippen LogP contribution < -0.4 is 10.1 Å². The third kappa shape index (κ3) is 4.89. The lowest BCUT2D eigenvalue weighted by Gasteiger charge is -2.30. The van der Waals surface area contributed by atoms with Crippen LogP contribution in [0, 0.1) is 5.92 Å². The molecule has 1 saturated carbocycles. The summed E-state index contributed by atoms with van der Waals surface area (Å²) >= 11 is 0. The van der Waals surface area contributed by atoms with E-state index in [0.717, 1.165) is 43.2 Å². The number of nitrogens with zero attached hydrogens (tertiary/aromatic N) is 1. The smallest absolute Gasteiger partial charge is 0.317 e. The molecule has 1 aliphatic carbocycles. The van der Waals surface area contributed by atoms with E-state index in [1.807, 2.05) is 17.0 Å². The second kappa shape index (κ2) is 8.41. The molecule has 1 aromatic rings. The maximum atomic E-state index is 12.2. The van der Waals surface area contributed by atoms with Gasteiger partial charge in [0.15, 0.2) is 0 Å². The van der Waals surface area contributed by atoms with Gasteiger partial charge < -0.3 is 15.0 Å². The van der Waals surface area contributed by atoms with Crippen LogP contribution in [0.5, 0.6) is 5.75 Å². The third-order valence-electron chi connectivity index (χ3n) is 5.29. The Morgan fingerprint density at radius 1 is 1.08 bits per heavy atom. The second-order valence-electron chi connectivity index (χ2n) is 7.35. The van der Waals surface area contributed by atoms with Crippen molar-refractivity contribution in [3.05, 3.63) is 29.8 Å². The van der Waals surface area contributed by atoms with Gasteiger partial charge in [-0.15, -0.1) is 0 Å². The van der Waals surface area contributed by atoms with Gasteiger partial charge in [-0.25, -0.2) is 4.79 Å². The SMILES string of the molecule is CC1CCN(C(=O)NCc2ccc(OC3CCCCC3)cc2)CC1. The van der Waals surface area contributed by atoms with Crippen LogP contribution in [0.1, 0.15) is 57.4 Å². The number of hydrogen-bond donors (Lipinski definition) is 1. The summed E-state index contributed by atoms with van der Waals surface area (Å²) in [7, 11) is 0. The highest BCUT2D eigenvalue weighted by Crippen LogP contribution is 2.23. The average Bonchev–Trinajstić information content (AvgIpc) is 2.62. The van der Waals surface area contributed by atoms with E-state index in [2.05, 4.69) is 24.4 Å². The van der Waals surface area contributed by atoms with Crippen molar-refractivity contribution in [1.82, 2.24) is 10.2 Å². The lowest BCUT2D eigenvalue weighted by atomic mass is 9.98. The maximum Gasteiger partial charge on any atom is 0.317 e. The summed E-state index contributed by atoms with van der Waals surface area (Å²) < 4.78 is 6.05. The van der Waals surface area contributed by atoms with Crippen LogP contribution in [0.25, 0.3) is 0 Å². The van der Waals surface area contributed by atoms with Gasteiger partial charge in [-0.3, -0.25) is 0 Å². The van der Waals surface area contributed by atoms with E-state index in [0.29, 0.717) is 12.6 Å². The van der Waals surface area contributed by atoms with Gasteiger partial charge in [0.05, 0.1) is 6.10 Å². The first-order valence-electron chi connectivity index (χ1n) is 9.49. The van der Waals surface area contributed by atoms with Crippen LogP contribution in [0.3, 0.4) is 0 Å². The van der Waals surface area contributed by atoms with Crippen LogP contribution in [0.4, 0.5) is 4.79 Å². The molecule has 0 atom stereocenters. The fourth-order valence-corrected chi connectivity index (χ4v) is 3.56. The van der Waals surface area contributed by atoms with E-state index in [1.54, 1.807) is 0 Å². The molecular formula is C20H30N2O2. The van der Waals surface area contributed by atoms with Crippen molar-refractivity contribution in [2.45, 2.75) is 64.5 Å². The minimum atomic E-state index is 0.0597. The van der Waals surface area contributed by atoms with E-state index in [-0.39, 0.29) is 6.03 Å². The quantitative estimate of drug-likeness (QED) is 0.892. The lowest BCUT2D eigenvalue weighted by Crippen LogP contribution is -2.43. The van der Waals surface area contributed by atoms with Gasteiger partial charge >= 0.3 is 6.03 Å². The monoisotopic (exact) mass is 330 g/mol. The summed E-state index contributed by atoms with van der Waals surface area (Å²) in [6, 6.07) is 8.22. The number of amides is 2. The maximum absolute atomic E-state index is 12.2. The number of hydrogen-bond acceptors (Lipinski definition) is 2. The summed E-state index contributed by atoms with van der Waals surface area (Å²) in [6.45, 7) is 4.59. The summed E-state index contributed by atoms with van der Waals surface area (Å²) in [5, 5.41) is 3.03. The molecule has 0 aromatic heterocycles. The highest BCUT2D eigenvalue weighted by Gasteiger charge is 2.19. The molecule has 132 valence electrons. The first kappa shape index (κ1) is 17.1. The number of nitrogens with one attached hydrogen (secondary N) is 1. The van der Waals surface area contributed by atoms with Crippen LogP contribution >= 0.6 is 0 Å². The number of piperidine rings is 1. The van der Waals surface area contributed by atoms with E-state index in [9.17, 15) is 4.79 Å². The van der Waals surface area contributed by atoms with E-state index < -0.39 is 0 Å². The first-order valence-corrected chi connectivity index (χ1v) is 9.49. The molecule has 1 heterocycles. The fourth-order valence-electron chi connectivity index (χ4n) is 3.56. The summed E-state index contributed by atoms with van der Waals surface area (Å²) in [5.74, 6) is 1.69. The summed E-state index contributed by atoms with van der Waals surface area (Å²) in [5.41, 5.74) is 1.12. The predicted octanol–water partition coefficient (Wildman–Crippen LogP) is 4.34. The Morgan fingerprint density at radius 2 is 1.75 bits per heavy atom. The van der Waals surface area contributed by atoms with Crippen molar-refractivity contribution in [2.75, 3.05) is 13.1 Å². The topological polar surface area (TPSA) is 41.6 Å².